The molecule has 3 heteroatoms. The number of benzene rings is 1. The molecule has 3 nitrogen and oxygen atoms in total. The molecule has 0 aliphatic heterocycles. The Morgan fingerprint density at radius 1 is 1.38 bits per heavy atom. The molecule has 0 saturated heterocycles. The van der Waals surface area contributed by atoms with Crippen molar-refractivity contribution < 1.29 is 9.53 Å². The van der Waals surface area contributed by atoms with Crippen molar-refractivity contribution in [3.63, 3.8) is 0 Å². The van der Waals surface area contributed by atoms with Crippen LogP contribution in [0.25, 0.3) is 0 Å². The number of rotatable bonds is 2. The molecule has 1 N–H and O–H groups in total. The van der Waals surface area contributed by atoms with Crippen molar-refractivity contribution in [2.45, 2.75) is 6.92 Å². The summed E-state index contributed by atoms with van der Waals surface area (Å²) in [6.45, 7) is 1.96. The number of ether oxygens (including phenoxy) is 1. The standard InChI is InChI=1S/C10H12NO2/c1-3-8-4-6-9(7-5-8)11-10(12)13-2/h3-7H,1-2H3,(H,11,12). The van der Waals surface area contributed by atoms with Crippen molar-refractivity contribution in [3.05, 3.63) is 36.2 Å². The predicted molar refractivity (Wildman–Crippen MR) is 51.5 cm³/mol. The van der Waals surface area contributed by atoms with Gasteiger partial charge in [0, 0.05) is 5.69 Å². The number of carbonyl (C=O) groups is 1. The minimum Gasteiger partial charge on any atom is -0.453 e. The maximum absolute atomic E-state index is 10.8. The summed E-state index contributed by atoms with van der Waals surface area (Å²) in [4.78, 5) is 10.8. The number of hydrogen-bond donors (Lipinski definition) is 1. The maximum atomic E-state index is 10.8. The van der Waals surface area contributed by atoms with Crippen molar-refractivity contribution in [1.29, 1.82) is 0 Å². The molecule has 13 heavy (non-hydrogen) atoms. The maximum Gasteiger partial charge on any atom is 0.411 e. The Morgan fingerprint density at radius 3 is 2.46 bits per heavy atom. The van der Waals surface area contributed by atoms with Crippen molar-refractivity contribution in [3.8, 4) is 0 Å². The molecule has 0 aromatic heterocycles. The van der Waals surface area contributed by atoms with Crippen LogP contribution in [0.2, 0.25) is 0 Å². The number of amides is 1. The van der Waals surface area contributed by atoms with Gasteiger partial charge in [-0.15, -0.1) is 0 Å². The van der Waals surface area contributed by atoms with E-state index in [4.69, 9.17) is 0 Å². The summed E-state index contributed by atoms with van der Waals surface area (Å²) < 4.78 is 4.45. The Labute approximate surface area is 77.7 Å². The third-order valence-electron chi connectivity index (χ3n) is 1.68. The van der Waals surface area contributed by atoms with Gasteiger partial charge in [0.2, 0.25) is 0 Å². The lowest BCUT2D eigenvalue weighted by atomic mass is 10.1. The fourth-order valence-corrected chi connectivity index (χ4v) is 0.928. The second-order valence-corrected chi connectivity index (χ2v) is 2.53. The summed E-state index contributed by atoms with van der Waals surface area (Å²) in [5.74, 6) is 0. The molecule has 0 aliphatic carbocycles. The fourth-order valence-electron chi connectivity index (χ4n) is 0.928. The van der Waals surface area contributed by atoms with Crippen molar-refractivity contribution in [2.24, 2.45) is 0 Å². The molecule has 0 aliphatic rings. The SMILES string of the molecule is C[CH]c1ccc(NC(=O)OC)cc1. The first kappa shape index (κ1) is 9.58. The van der Waals surface area contributed by atoms with Crippen molar-refractivity contribution in [1.82, 2.24) is 0 Å². The number of anilines is 1. The molecule has 1 aromatic rings. The lowest BCUT2D eigenvalue weighted by Gasteiger charge is -2.03. The molecule has 1 amide bonds. The van der Waals surface area contributed by atoms with Crippen LogP contribution in [0.5, 0.6) is 0 Å². The molecule has 1 aromatic carbocycles. The van der Waals surface area contributed by atoms with E-state index in [9.17, 15) is 4.79 Å². The highest BCUT2D eigenvalue weighted by Crippen LogP contribution is 2.10. The first-order chi connectivity index (χ1) is 6.26. The molecular formula is C10H12NO2. The van der Waals surface area contributed by atoms with Crippen LogP contribution in [-0.4, -0.2) is 13.2 Å². The van der Waals surface area contributed by atoms with Crippen LogP contribution >= 0.6 is 0 Å². The molecule has 0 fully saturated rings. The molecule has 1 rings (SSSR count). The molecule has 1 radical (unpaired) electrons. The van der Waals surface area contributed by atoms with E-state index in [0.717, 1.165) is 11.3 Å². The molecule has 0 unspecified atom stereocenters. The predicted octanol–water partition coefficient (Wildman–Crippen LogP) is 2.44. The van der Waals surface area contributed by atoms with Gasteiger partial charge >= 0.3 is 6.09 Å². The minimum atomic E-state index is -0.451. The zero-order chi connectivity index (χ0) is 9.68. The Balaban J connectivity index is 2.64. The summed E-state index contributed by atoms with van der Waals surface area (Å²) in [6.07, 6.45) is 1.54. The van der Waals surface area contributed by atoms with Gasteiger partial charge in [-0.25, -0.2) is 4.79 Å². The van der Waals surface area contributed by atoms with E-state index in [1.54, 1.807) is 0 Å². The summed E-state index contributed by atoms with van der Waals surface area (Å²) in [5.41, 5.74) is 1.85. The molecular weight excluding hydrogens is 166 g/mol. The number of hydrogen-bond acceptors (Lipinski definition) is 2. The first-order valence-electron chi connectivity index (χ1n) is 4.00. The molecule has 0 saturated carbocycles. The Kier molecular flexibility index (Phi) is 3.31. The third-order valence-corrected chi connectivity index (χ3v) is 1.68. The van der Waals surface area contributed by atoms with Crippen LogP contribution in [0, 0.1) is 6.42 Å². The lowest BCUT2D eigenvalue weighted by Crippen LogP contribution is -2.10. The monoisotopic (exact) mass is 178 g/mol. The fraction of sp³-hybridized carbons (Fsp3) is 0.200. The van der Waals surface area contributed by atoms with Crippen LogP contribution in [0.3, 0.4) is 0 Å². The summed E-state index contributed by atoms with van der Waals surface area (Å²) in [5, 5.41) is 2.57. The summed E-state index contributed by atoms with van der Waals surface area (Å²) in [7, 11) is 1.34. The van der Waals surface area contributed by atoms with Gasteiger partial charge in [-0.3, -0.25) is 5.32 Å². The van der Waals surface area contributed by atoms with Crippen LogP contribution in [0.15, 0.2) is 24.3 Å². The molecule has 69 valence electrons. The van der Waals surface area contributed by atoms with E-state index >= 15 is 0 Å². The topological polar surface area (TPSA) is 38.3 Å². The first-order valence-corrected chi connectivity index (χ1v) is 4.00. The zero-order valence-electron chi connectivity index (χ0n) is 7.70. The zero-order valence-corrected chi connectivity index (χ0v) is 7.70. The number of nitrogens with one attached hydrogen (secondary N) is 1. The van der Waals surface area contributed by atoms with Gasteiger partial charge in [-0.1, -0.05) is 19.1 Å². The van der Waals surface area contributed by atoms with Gasteiger partial charge in [0.25, 0.3) is 0 Å². The second-order valence-electron chi connectivity index (χ2n) is 2.53. The second kappa shape index (κ2) is 4.50. The van der Waals surface area contributed by atoms with E-state index in [-0.39, 0.29) is 0 Å². The Bertz CT molecular complexity index is 279. The average Bonchev–Trinajstić information content (AvgIpc) is 2.19. The highest BCUT2D eigenvalue weighted by atomic mass is 16.5. The summed E-state index contributed by atoms with van der Waals surface area (Å²) >= 11 is 0. The molecule has 0 atom stereocenters. The van der Waals surface area contributed by atoms with Gasteiger partial charge in [-0.05, 0) is 24.1 Å². The van der Waals surface area contributed by atoms with Crippen molar-refractivity contribution in [2.75, 3.05) is 12.4 Å². The van der Waals surface area contributed by atoms with E-state index in [1.165, 1.54) is 7.11 Å². The normalized spacial score (nSPS) is 9.38. The smallest absolute Gasteiger partial charge is 0.411 e. The van der Waals surface area contributed by atoms with Crippen LogP contribution in [0.4, 0.5) is 10.5 Å². The highest BCUT2D eigenvalue weighted by molar-refractivity contribution is 5.84. The largest absolute Gasteiger partial charge is 0.453 e. The van der Waals surface area contributed by atoms with Gasteiger partial charge in [0.05, 0.1) is 7.11 Å². The minimum absolute atomic E-state index is 0.451. The quantitative estimate of drug-likeness (QED) is 0.755. The molecule has 0 heterocycles. The van der Waals surface area contributed by atoms with Gasteiger partial charge in [0.1, 0.15) is 0 Å². The highest BCUT2D eigenvalue weighted by Gasteiger charge is 1.98. The number of methoxy groups -OCH3 is 1. The molecule has 0 bridgehead atoms. The lowest BCUT2D eigenvalue weighted by molar-refractivity contribution is 0.187. The van der Waals surface area contributed by atoms with Gasteiger partial charge in [-0.2, -0.15) is 0 Å². The van der Waals surface area contributed by atoms with E-state index < -0.39 is 6.09 Å². The van der Waals surface area contributed by atoms with Crippen LogP contribution < -0.4 is 5.32 Å². The van der Waals surface area contributed by atoms with E-state index in [1.807, 2.05) is 37.6 Å². The molecule has 0 spiro atoms. The van der Waals surface area contributed by atoms with Gasteiger partial charge < -0.3 is 4.74 Å². The van der Waals surface area contributed by atoms with Gasteiger partial charge in [0.15, 0.2) is 0 Å². The van der Waals surface area contributed by atoms with E-state index in [2.05, 4.69) is 10.1 Å². The van der Waals surface area contributed by atoms with Crippen molar-refractivity contribution >= 4 is 11.8 Å². The average molecular weight is 178 g/mol. The Hall–Kier alpha value is -1.51. The van der Waals surface area contributed by atoms with Crippen LogP contribution in [-0.2, 0) is 4.74 Å². The number of carbonyl (C=O) groups excluding carboxylic acids is 1. The third kappa shape index (κ3) is 2.78. The Morgan fingerprint density at radius 2 is 2.00 bits per heavy atom. The van der Waals surface area contributed by atoms with E-state index in [0.29, 0.717) is 0 Å². The summed E-state index contributed by atoms with van der Waals surface area (Å²) in [6, 6.07) is 7.50. The van der Waals surface area contributed by atoms with Crippen LogP contribution in [0.1, 0.15) is 12.5 Å².